The number of methoxy groups -OCH3 is 1. The normalized spacial score (nSPS) is 19.6. The summed E-state index contributed by atoms with van der Waals surface area (Å²) >= 11 is 0. The van der Waals surface area contributed by atoms with E-state index in [4.69, 9.17) is 10.5 Å². The lowest BCUT2D eigenvalue weighted by Gasteiger charge is -2.34. The topological polar surface area (TPSA) is 62.3 Å². The predicted octanol–water partition coefficient (Wildman–Crippen LogP) is 1.63. The number of nitriles is 1. The van der Waals surface area contributed by atoms with Gasteiger partial charge in [0.2, 0.25) is 0 Å². The summed E-state index contributed by atoms with van der Waals surface area (Å²) in [6.07, 6.45) is 2.46. The average Bonchev–Trinajstić information content (AvgIpc) is 2.46. The van der Waals surface area contributed by atoms with Crippen LogP contribution in [0.4, 0.5) is 5.69 Å². The molecule has 0 aromatic heterocycles. The van der Waals surface area contributed by atoms with Crippen molar-refractivity contribution in [1.82, 2.24) is 0 Å². The number of ether oxygens (including phenoxy) is 1. The first-order valence-corrected chi connectivity index (χ1v) is 6.29. The molecule has 4 nitrogen and oxygen atoms in total. The summed E-state index contributed by atoms with van der Waals surface area (Å²) in [5, 5.41) is 9.24. The Morgan fingerprint density at radius 2 is 2.39 bits per heavy atom. The number of hydrogen-bond donors (Lipinski definition) is 1. The lowest BCUT2D eigenvalue weighted by molar-refractivity contribution is 0.0893. The lowest BCUT2D eigenvalue weighted by atomic mass is 10.0. The smallest absolute Gasteiger partial charge is 0.101 e. The van der Waals surface area contributed by atoms with E-state index < -0.39 is 0 Å². The van der Waals surface area contributed by atoms with Gasteiger partial charge in [0.05, 0.1) is 17.4 Å². The highest BCUT2D eigenvalue weighted by Gasteiger charge is 2.21. The van der Waals surface area contributed by atoms with Gasteiger partial charge in [0.1, 0.15) is 6.07 Å². The van der Waals surface area contributed by atoms with Gasteiger partial charge in [-0.1, -0.05) is 6.07 Å². The molecule has 1 unspecified atom stereocenters. The summed E-state index contributed by atoms with van der Waals surface area (Å²) in [4.78, 5) is 2.23. The molecular formula is C14H19N3O. The molecule has 1 aromatic carbocycles. The Morgan fingerprint density at radius 1 is 1.56 bits per heavy atom. The lowest BCUT2D eigenvalue weighted by Crippen LogP contribution is -2.39. The van der Waals surface area contributed by atoms with Crippen molar-refractivity contribution in [2.45, 2.75) is 25.5 Å². The molecule has 1 heterocycles. The third-order valence-electron chi connectivity index (χ3n) is 3.47. The van der Waals surface area contributed by atoms with Crippen molar-refractivity contribution in [3.63, 3.8) is 0 Å². The number of piperidine rings is 1. The zero-order valence-corrected chi connectivity index (χ0v) is 10.7. The number of hydrogen-bond acceptors (Lipinski definition) is 4. The highest BCUT2D eigenvalue weighted by Crippen LogP contribution is 2.25. The van der Waals surface area contributed by atoms with Crippen molar-refractivity contribution >= 4 is 5.69 Å². The largest absolute Gasteiger partial charge is 0.380 e. The number of nitrogens with zero attached hydrogens (tertiary/aromatic N) is 2. The second-order valence-electron chi connectivity index (χ2n) is 4.61. The Labute approximate surface area is 108 Å². The van der Waals surface area contributed by atoms with Crippen LogP contribution in [0.15, 0.2) is 18.2 Å². The highest BCUT2D eigenvalue weighted by atomic mass is 16.5. The molecule has 0 saturated carbocycles. The van der Waals surface area contributed by atoms with Gasteiger partial charge < -0.3 is 15.4 Å². The fourth-order valence-corrected chi connectivity index (χ4v) is 2.42. The number of nitrogens with two attached hydrogens (primary N) is 1. The first-order valence-electron chi connectivity index (χ1n) is 6.29. The van der Waals surface area contributed by atoms with Gasteiger partial charge in [0.25, 0.3) is 0 Å². The van der Waals surface area contributed by atoms with E-state index in [0.29, 0.717) is 12.1 Å². The minimum absolute atomic E-state index is 0.263. The fraction of sp³-hybridized carbons (Fsp3) is 0.500. The van der Waals surface area contributed by atoms with Crippen LogP contribution in [0.25, 0.3) is 0 Å². The molecule has 0 spiro atoms. The van der Waals surface area contributed by atoms with Crippen molar-refractivity contribution in [2.75, 3.05) is 25.1 Å². The van der Waals surface area contributed by atoms with Crippen LogP contribution in [-0.4, -0.2) is 26.3 Å². The summed E-state index contributed by atoms with van der Waals surface area (Å²) in [7, 11) is 1.75. The molecule has 0 amide bonds. The molecule has 4 heteroatoms. The van der Waals surface area contributed by atoms with Gasteiger partial charge in [0.15, 0.2) is 0 Å². The molecule has 1 saturated heterocycles. The van der Waals surface area contributed by atoms with E-state index in [1.165, 1.54) is 0 Å². The molecule has 1 aliphatic heterocycles. The quantitative estimate of drug-likeness (QED) is 0.879. The van der Waals surface area contributed by atoms with Crippen LogP contribution in [0.2, 0.25) is 0 Å². The fourth-order valence-electron chi connectivity index (χ4n) is 2.42. The van der Waals surface area contributed by atoms with E-state index >= 15 is 0 Å². The first kappa shape index (κ1) is 12.9. The Bertz CT molecular complexity index is 453. The SMILES string of the molecule is COC1CCCN(c2ccc(CN)cc2C#N)C1. The number of anilines is 1. The molecule has 0 radical (unpaired) electrons. The molecule has 2 N–H and O–H groups in total. The Morgan fingerprint density at radius 3 is 3.06 bits per heavy atom. The summed E-state index contributed by atoms with van der Waals surface area (Å²) in [5.41, 5.74) is 8.30. The van der Waals surface area contributed by atoms with E-state index in [1.54, 1.807) is 7.11 Å². The third-order valence-corrected chi connectivity index (χ3v) is 3.47. The zero-order chi connectivity index (χ0) is 13.0. The second-order valence-corrected chi connectivity index (χ2v) is 4.61. The van der Waals surface area contributed by atoms with Gasteiger partial charge in [-0.2, -0.15) is 5.26 Å². The van der Waals surface area contributed by atoms with Crippen molar-refractivity contribution in [3.05, 3.63) is 29.3 Å². The standard InChI is InChI=1S/C14H19N3O/c1-18-13-3-2-6-17(10-13)14-5-4-11(8-15)7-12(14)9-16/h4-5,7,13H,2-3,6,8,10,15H2,1H3. The Balaban J connectivity index is 2.24. The van der Waals surface area contributed by atoms with Gasteiger partial charge in [-0.25, -0.2) is 0 Å². The number of benzene rings is 1. The third kappa shape index (κ3) is 2.63. The van der Waals surface area contributed by atoms with Gasteiger partial charge in [-0.15, -0.1) is 0 Å². The van der Waals surface area contributed by atoms with Crippen molar-refractivity contribution < 1.29 is 4.74 Å². The van der Waals surface area contributed by atoms with E-state index in [1.807, 2.05) is 18.2 Å². The predicted molar refractivity (Wildman–Crippen MR) is 71.3 cm³/mol. The van der Waals surface area contributed by atoms with Gasteiger partial charge in [0, 0.05) is 26.7 Å². The first-order chi connectivity index (χ1) is 8.78. The molecule has 0 aliphatic carbocycles. The molecule has 1 atom stereocenters. The maximum Gasteiger partial charge on any atom is 0.101 e. The molecule has 0 bridgehead atoms. The van der Waals surface area contributed by atoms with Gasteiger partial charge in [-0.05, 0) is 30.5 Å². The molecule has 1 fully saturated rings. The van der Waals surface area contributed by atoms with Crippen LogP contribution >= 0.6 is 0 Å². The van der Waals surface area contributed by atoms with Crippen molar-refractivity contribution in [3.8, 4) is 6.07 Å². The minimum Gasteiger partial charge on any atom is -0.380 e. The summed E-state index contributed by atoms with van der Waals surface area (Å²) in [6, 6.07) is 8.13. The Hall–Kier alpha value is -1.57. The van der Waals surface area contributed by atoms with E-state index in [0.717, 1.165) is 37.2 Å². The van der Waals surface area contributed by atoms with Crippen LogP contribution in [0, 0.1) is 11.3 Å². The number of rotatable bonds is 3. The summed E-state index contributed by atoms with van der Waals surface area (Å²) in [5.74, 6) is 0. The zero-order valence-electron chi connectivity index (χ0n) is 10.7. The van der Waals surface area contributed by atoms with Crippen LogP contribution < -0.4 is 10.6 Å². The van der Waals surface area contributed by atoms with E-state index in [9.17, 15) is 5.26 Å². The van der Waals surface area contributed by atoms with E-state index in [-0.39, 0.29) is 6.10 Å². The van der Waals surface area contributed by atoms with Crippen LogP contribution in [0.5, 0.6) is 0 Å². The minimum atomic E-state index is 0.263. The summed E-state index contributed by atoms with van der Waals surface area (Å²) < 4.78 is 5.42. The second kappa shape index (κ2) is 5.85. The maximum atomic E-state index is 9.24. The average molecular weight is 245 g/mol. The molecule has 2 rings (SSSR count). The van der Waals surface area contributed by atoms with Crippen molar-refractivity contribution in [2.24, 2.45) is 5.73 Å². The van der Waals surface area contributed by atoms with Crippen LogP contribution in [0.1, 0.15) is 24.0 Å². The molecule has 18 heavy (non-hydrogen) atoms. The molecular weight excluding hydrogens is 226 g/mol. The monoisotopic (exact) mass is 245 g/mol. The molecule has 96 valence electrons. The van der Waals surface area contributed by atoms with Gasteiger partial charge in [-0.3, -0.25) is 0 Å². The van der Waals surface area contributed by atoms with E-state index in [2.05, 4.69) is 11.0 Å². The van der Waals surface area contributed by atoms with Crippen molar-refractivity contribution in [1.29, 1.82) is 5.26 Å². The highest BCUT2D eigenvalue weighted by molar-refractivity contribution is 5.60. The Kier molecular flexibility index (Phi) is 4.19. The van der Waals surface area contributed by atoms with Crippen LogP contribution in [-0.2, 0) is 11.3 Å². The maximum absolute atomic E-state index is 9.24. The van der Waals surface area contributed by atoms with Crippen LogP contribution in [0.3, 0.4) is 0 Å². The summed E-state index contributed by atoms with van der Waals surface area (Å²) in [6.45, 7) is 2.30. The molecule has 1 aromatic rings. The molecule has 1 aliphatic rings. The van der Waals surface area contributed by atoms with Gasteiger partial charge >= 0.3 is 0 Å².